The second kappa shape index (κ2) is 3.45. The van der Waals surface area contributed by atoms with Crippen molar-refractivity contribution >= 4 is 11.5 Å². The van der Waals surface area contributed by atoms with E-state index in [0.29, 0.717) is 0 Å². The van der Waals surface area contributed by atoms with Crippen LogP contribution in [0.3, 0.4) is 0 Å². The van der Waals surface area contributed by atoms with E-state index in [1.165, 1.54) is 0 Å². The minimum absolute atomic E-state index is 0.0947. The lowest BCUT2D eigenvalue weighted by Gasteiger charge is -2.20. The van der Waals surface area contributed by atoms with Gasteiger partial charge >= 0.3 is 0 Å². The molecule has 0 aromatic heterocycles. The number of ketones is 1. The molecule has 0 aliphatic heterocycles. The molecule has 0 bridgehead atoms. The summed E-state index contributed by atoms with van der Waals surface area (Å²) in [4.78, 5) is 12.4. The summed E-state index contributed by atoms with van der Waals surface area (Å²) in [5.41, 5.74) is 11.4. The van der Waals surface area contributed by atoms with Crippen molar-refractivity contribution in [2.45, 2.75) is 13.3 Å². The van der Waals surface area contributed by atoms with E-state index < -0.39 is 0 Å². The van der Waals surface area contributed by atoms with Crippen LogP contribution in [0.25, 0.3) is 0 Å². The third-order valence-electron chi connectivity index (χ3n) is 3.30. The quantitative estimate of drug-likeness (QED) is 0.595. The molecule has 0 radical (unpaired) electrons. The molecule has 84 valence electrons. The van der Waals surface area contributed by atoms with Gasteiger partial charge in [-0.05, 0) is 35.7 Å². The summed E-state index contributed by atoms with van der Waals surface area (Å²) in [6.45, 7) is 1.96. The molecule has 0 fully saturated rings. The largest absolute Gasteiger partial charge is 0.398 e. The van der Waals surface area contributed by atoms with Gasteiger partial charge in [0.2, 0.25) is 0 Å². The van der Waals surface area contributed by atoms with Gasteiger partial charge in [-0.1, -0.05) is 24.3 Å². The fourth-order valence-electron chi connectivity index (χ4n) is 2.48. The van der Waals surface area contributed by atoms with E-state index in [4.69, 9.17) is 5.73 Å². The van der Waals surface area contributed by atoms with Gasteiger partial charge in [-0.3, -0.25) is 4.79 Å². The van der Waals surface area contributed by atoms with Crippen LogP contribution in [0, 0.1) is 6.92 Å². The van der Waals surface area contributed by atoms with E-state index in [1.54, 1.807) is 0 Å². The monoisotopic (exact) mass is 223 g/mol. The van der Waals surface area contributed by atoms with Crippen molar-refractivity contribution in [2.24, 2.45) is 0 Å². The van der Waals surface area contributed by atoms with E-state index in [2.05, 4.69) is 0 Å². The number of carbonyl (C=O) groups excluding carboxylic acids is 1. The molecule has 0 saturated heterocycles. The fourth-order valence-corrected chi connectivity index (χ4v) is 2.48. The number of nitrogen functional groups attached to an aromatic ring is 1. The van der Waals surface area contributed by atoms with Crippen molar-refractivity contribution in [3.8, 4) is 0 Å². The highest BCUT2D eigenvalue weighted by molar-refractivity contribution is 6.13. The van der Waals surface area contributed by atoms with Crippen LogP contribution >= 0.6 is 0 Å². The molecule has 2 aromatic carbocycles. The highest BCUT2D eigenvalue weighted by Crippen LogP contribution is 2.31. The van der Waals surface area contributed by atoms with E-state index in [1.807, 2.05) is 43.3 Å². The first kappa shape index (κ1) is 10.1. The Bertz CT molecular complexity index is 629. The predicted octanol–water partition coefficient (Wildman–Crippen LogP) is 2.71. The summed E-state index contributed by atoms with van der Waals surface area (Å²) in [5, 5.41) is 0. The average Bonchev–Trinajstić information content (AvgIpc) is 2.31. The summed E-state index contributed by atoms with van der Waals surface area (Å²) in [6.07, 6.45) is 0.753. The van der Waals surface area contributed by atoms with Gasteiger partial charge in [-0.15, -0.1) is 0 Å². The molecule has 2 aromatic rings. The number of fused-ring (bicyclic) bond motifs is 2. The van der Waals surface area contributed by atoms with Gasteiger partial charge in [0.1, 0.15) is 0 Å². The number of anilines is 1. The second-order valence-electron chi connectivity index (χ2n) is 4.54. The summed E-state index contributed by atoms with van der Waals surface area (Å²) in [5.74, 6) is 0.0947. The standard InChI is InChI=1S/C15H13NO/c1-9-6-13-12(14(16)7-9)8-10-4-2-3-5-11(10)15(13)17/h2-7H,8,16H2,1H3. The number of nitrogens with two attached hydrogens (primary N) is 1. The highest BCUT2D eigenvalue weighted by atomic mass is 16.1. The Labute approximate surface area is 100 Å². The number of carbonyl (C=O) groups is 1. The Hall–Kier alpha value is -2.09. The average molecular weight is 223 g/mol. The van der Waals surface area contributed by atoms with Gasteiger partial charge < -0.3 is 5.73 Å². The molecule has 17 heavy (non-hydrogen) atoms. The minimum atomic E-state index is 0.0947. The van der Waals surface area contributed by atoms with Gasteiger partial charge in [0.15, 0.2) is 5.78 Å². The first-order chi connectivity index (χ1) is 8.16. The van der Waals surface area contributed by atoms with Crippen LogP contribution in [0.5, 0.6) is 0 Å². The van der Waals surface area contributed by atoms with Gasteiger partial charge in [-0.2, -0.15) is 0 Å². The van der Waals surface area contributed by atoms with E-state index in [0.717, 1.165) is 39.9 Å². The van der Waals surface area contributed by atoms with Crippen LogP contribution in [0.1, 0.15) is 32.6 Å². The first-order valence-electron chi connectivity index (χ1n) is 5.68. The number of benzene rings is 2. The van der Waals surface area contributed by atoms with Gasteiger partial charge in [0.25, 0.3) is 0 Å². The maximum Gasteiger partial charge on any atom is 0.193 e. The van der Waals surface area contributed by atoms with Crippen molar-refractivity contribution in [2.75, 3.05) is 5.73 Å². The maximum absolute atomic E-state index is 12.4. The Balaban J connectivity index is 2.27. The van der Waals surface area contributed by atoms with Crippen molar-refractivity contribution in [3.05, 3.63) is 64.2 Å². The topological polar surface area (TPSA) is 43.1 Å². The van der Waals surface area contributed by atoms with Crippen LogP contribution < -0.4 is 5.73 Å². The maximum atomic E-state index is 12.4. The lowest BCUT2D eigenvalue weighted by molar-refractivity contribution is 0.103. The van der Waals surface area contributed by atoms with E-state index >= 15 is 0 Å². The number of hydrogen-bond acceptors (Lipinski definition) is 2. The number of aryl methyl sites for hydroxylation is 1. The number of rotatable bonds is 0. The lowest BCUT2D eigenvalue weighted by Crippen LogP contribution is -2.16. The highest BCUT2D eigenvalue weighted by Gasteiger charge is 2.24. The third kappa shape index (κ3) is 1.45. The van der Waals surface area contributed by atoms with Crippen molar-refractivity contribution in [3.63, 3.8) is 0 Å². The molecule has 0 saturated carbocycles. The van der Waals surface area contributed by atoms with Crippen LogP contribution in [0.4, 0.5) is 5.69 Å². The van der Waals surface area contributed by atoms with Crippen LogP contribution in [-0.4, -0.2) is 5.78 Å². The molecule has 0 atom stereocenters. The molecule has 0 heterocycles. The summed E-state index contributed by atoms with van der Waals surface area (Å²) < 4.78 is 0. The van der Waals surface area contributed by atoms with Crippen LogP contribution in [-0.2, 0) is 6.42 Å². The number of hydrogen-bond donors (Lipinski definition) is 1. The molecule has 0 unspecified atom stereocenters. The van der Waals surface area contributed by atoms with Crippen molar-refractivity contribution < 1.29 is 4.79 Å². The lowest BCUT2D eigenvalue weighted by atomic mass is 9.83. The van der Waals surface area contributed by atoms with Gasteiger partial charge in [-0.25, -0.2) is 0 Å². The molecular weight excluding hydrogens is 210 g/mol. The summed E-state index contributed by atoms with van der Waals surface area (Å²) in [7, 11) is 0. The zero-order valence-electron chi connectivity index (χ0n) is 9.66. The van der Waals surface area contributed by atoms with Crippen LogP contribution in [0.15, 0.2) is 36.4 Å². The van der Waals surface area contributed by atoms with Crippen molar-refractivity contribution in [1.82, 2.24) is 0 Å². The van der Waals surface area contributed by atoms with Crippen molar-refractivity contribution in [1.29, 1.82) is 0 Å². The fraction of sp³-hybridized carbons (Fsp3) is 0.133. The smallest absolute Gasteiger partial charge is 0.193 e. The molecule has 0 spiro atoms. The molecule has 2 heteroatoms. The Morgan fingerprint density at radius 3 is 2.71 bits per heavy atom. The second-order valence-corrected chi connectivity index (χ2v) is 4.54. The molecule has 1 aliphatic rings. The third-order valence-corrected chi connectivity index (χ3v) is 3.30. The molecule has 2 nitrogen and oxygen atoms in total. The Morgan fingerprint density at radius 2 is 1.88 bits per heavy atom. The van der Waals surface area contributed by atoms with Gasteiger partial charge in [0.05, 0.1) is 0 Å². The van der Waals surface area contributed by atoms with E-state index in [9.17, 15) is 4.79 Å². The zero-order chi connectivity index (χ0) is 12.0. The van der Waals surface area contributed by atoms with Crippen LogP contribution in [0.2, 0.25) is 0 Å². The summed E-state index contributed by atoms with van der Waals surface area (Å²) in [6, 6.07) is 11.6. The molecule has 0 amide bonds. The molecular formula is C15H13NO. The Kier molecular flexibility index (Phi) is 2.05. The van der Waals surface area contributed by atoms with E-state index in [-0.39, 0.29) is 5.78 Å². The van der Waals surface area contributed by atoms with Gasteiger partial charge in [0, 0.05) is 23.2 Å². The minimum Gasteiger partial charge on any atom is -0.398 e. The normalized spacial score (nSPS) is 13.1. The molecule has 2 N–H and O–H groups in total. The molecule has 1 aliphatic carbocycles. The Morgan fingerprint density at radius 1 is 1.12 bits per heavy atom. The predicted molar refractivity (Wildman–Crippen MR) is 68.3 cm³/mol. The molecule has 3 rings (SSSR count). The first-order valence-corrected chi connectivity index (χ1v) is 5.68. The zero-order valence-corrected chi connectivity index (χ0v) is 9.66. The summed E-state index contributed by atoms with van der Waals surface area (Å²) >= 11 is 0. The SMILES string of the molecule is Cc1cc(N)c2c(c1)C(=O)c1ccccc1C2.